The first-order valence-corrected chi connectivity index (χ1v) is 6.78. The molecule has 1 aromatic heterocycles. The van der Waals surface area contributed by atoms with Crippen LogP contribution in [0.1, 0.15) is 30.2 Å². The Balaban J connectivity index is 1.96. The number of benzene rings is 1. The van der Waals surface area contributed by atoms with Crippen LogP contribution in [0.5, 0.6) is 0 Å². The molecule has 0 aliphatic heterocycles. The van der Waals surface area contributed by atoms with Gasteiger partial charge in [0.2, 0.25) is 5.91 Å². The van der Waals surface area contributed by atoms with Gasteiger partial charge in [-0.3, -0.25) is 9.89 Å². The molecule has 2 N–H and O–H groups in total. The Morgan fingerprint density at radius 3 is 2.95 bits per heavy atom. The van der Waals surface area contributed by atoms with Crippen molar-refractivity contribution in [3.05, 3.63) is 53.2 Å². The molecule has 2 rings (SSSR count). The van der Waals surface area contributed by atoms with Crippen molar-refractivity contribution >= 4 is 17.8 Å². The summed E-state index contributed by atoms with van der Waals surface area (Å²) >= 11 is 0. The van der Waals surface area contributed by atoms with Crippen LogP contribution in [0, 0.1) is 6.92 Å². The van der Waals surface area contributed by atoms with Crippen molar-refractivity contribution < 1.29 is 4.79 Å². The first-order valence-electron chi connectivity index (χ1n) is 6.78. The van der Waals surface area contributed by atoms with Crippen LogP contribution in [0.4, 0.5) is 5.82 Å². The molecule has 1 amide bonds. The van der Waals surface area contributed by atoms with Crippen LogP contribution in [0.15, 0.2) is 36.4 Å². The van der Waals surface area contributed by atoms with Crippen LogP contribution in [0.2, 0.25) is 0 Å². The van der Waals surface area contributed by atoms with Crippen LogP contribution in [0.25, 0.3) is 6.08 Å². The molecule has 0 atom stereocenters. The highest BCUT2D eigenvalue weighted by Gasteiger charge is 2.03. The van der Waals surface area contributed by atoms with E-state index in [1.807, 2.05) is 43.3 Å². The lowest BCUT2D eigenvalue weighted by Crippen LogP contribution is -2.07. The Bertz CT molecular complexity index is 614. The summed E-state index contributed by atoms with van der Waals surface area (Å²) in [6.07, 6.45) is 5.31. The Morgan fingerprint density at radius 1 is 1.40 bits per heavy atom. The van der Waals surface area contributed by atoms with Gasteiger partial charge in [-0.15, -0.1) is 0 Å². The van der Waals surface area contributed by atoms with Gasteiger partial charge in [0.15, 0.2) is 5.82 Å². The number of carbonyl (C=O) groups is 1. The fourth-order valence-electron chi connectivity index (χ4n) is 1.93. The SMILES string of the molecule is CCCc1cc(NC(=O)/C=C/c2ccccc2C)n[nH]1. The lowest BCUT2D eigenvalue weighted by molar-refractivity contribution is -0.111. The van der Waals surface area contributed by atoms with Gasteiger partial charge in [-0.05, 0) is 30.5 Å². The lowest BCUT2D eigenvalue weighted by Gasteiger charge is -1.99. The van der Waals surface area contributed by atoms with Gasteiger partial charge in [0.1, 0.15) is 0 Å². The Labute approximate surface area is 118 Å². The Kier molecular flexibility index (Phi) is 4.71. The van der Waals surface area contributed by atoms with E-state index < -0.39 is 0 Å². The smallest absolute Gasteiger partial charge is 0.249 e. The number of amides is 1. The largest absolute Gasteiger partial charge is 0.306 e. The lowest BCUT2D eigenvalue weighted by atomic mass is 10.1. The quantitative estimate of drug-likeness (QED) is 0.818. The third kappa shape index (κ3) is 3.82. The fraction of sp³-hybridized carbons (Fsp3) is 0.250. The molecular weight excluding hydrogens is 250 g/mol. The highest BCUT2D eigenvalue weighted by Crippen LogP contribution is 2.10. The second-order valence-corrected chi connectivity index (χ2v) is 4.71. The molecule has 0 fully saturated rings. The van der Waals surface area contributed by atoms with Crippen molar-refractivity contribution in [2.24, 2.45) is 0 Å². The molecule has 0 aliphatic carbocycles. The summed E-state index contributed by atoms with van der Waals surface area (Å²) in [5, 5.41) is 9.70. The summed E-state index contributed by atoms with van der Waals surface area (Å²) in [4.78, 5) is 11.8. The first-order chi connectivity index (χ1) is 9.69. The molecule has 1 aromatic carbocycles. The van der Waals surface area contributed by atoms with Crippen molar-refractivity contribution in [2.75, 3.05) is 5.32 Å². The molecule has 1 heterocycles. The molecule has 0 spiro atoms. The molecule has 20 heavy (non-hydrogen) atoms. The predicted molar refractivity (Wildman–Crippen MR) is 81.4 cm³/mol. The summed E-state index contributed by atoms with van der Waals surface area (Å²) in [6, 6.07) is 9.79. The number of hydrogen-bond acceptors (Lipinski definition) is 2. The van der Waals surface area contributed by atoms with Gasteiger partial charge in [0.25, 0.3) is 0 Å². The number of aromatic nitrogens is 2. The van der Waals surface area contributed by atoms with Gasteiger partial charge in [-0.2, -0.15) is 5.10 Å². The van der Waals surface area contributed by atoms with Crippen LogP contribution < -0.4 is 5.32 Å². The molecular formula is C16H19N3O. The zero-order valence-corrected chi connectivity index (χ0v) is 11.8. The van der Waals surface area contributed by atoms with E-state index in [0.717, 1.165) is 29.7 Å². The summed E-state index contributed by atoms with van der Waals surface area (Å²) in [5.41, 5.74) is 3.21. The molecule has 4 nitrogen and oxygen atoms in total. The summed E-state index contributed by atoms with van der Waals surface area (Å²) in [5.74, 6) is 0.385. The molecule has 104 valence electrons. The monoisotopic (exact) mass is 269 g/mol. The number of nitrogens with one attached hydrogen (secondary N) is 2. The van der Waals surface area contributed by atoms with Crippen molar-refractivity contribution in [1.29, 1.82) is 0 Å². The highest BCUT2D eigenvalue weighted by molar-refractivity contribution is 6.01. The summed E-state index contributed by atoms with van der Waals surface area (Å²) in [7, 11) is 0. The number of hydrogen-bond donors (Lipinski definition) is 2. The number of anilines is 1. The van der Waals surface area contributed by atoms with Crippen molar-refractivity contribution in [2.45, 2.75) is 26.7 Å². The first kappa shape index (κ1) is 14.1. The molecule has 0 aliphatic rings. The highest BCUT2D eigenvalue weighted by atomic mass is 16.1. The van der Waals surface area contributed by atoms with E-state index in [0.29, 0.717) is 5.82 Å². The number of aryl methyl sites for hydroxylation is 2. The number of rotatable bonds is 5. The molecule has 0 bridgehead atoms. The van der Waals surface area contributed by atoms with Crippen molar-refractivity contribution in [1.82, 2.24) is 10.2 Å². The minimum absolute atomic E-state index is 0.178. The van der Waals surface area contributed by atoms with E-state index in [-0.39, 0.29) is 5.91 Å². The maximum atomic E-state index is 11.8. The number of nitrogens with zero attached hydrogens (tertiary/aromatic N) is 1. The third-order valence-electron chi connectivity index (χ3n) is 3.00. The second-order valence-electron chi connectivity index (χ2n) is 4.71. The number of H-pyrrole nitrogens is 1. The molecule has 4 heteroatoms. The zero-order valence-electron chi connectivity index (χ0n) is 11.8. The van der Waals surface area contributed by atoms with Gasteiger partial charge in [-0.25, -0.2) is 0 Å². The molecule has 0 saturated heterocycles. The Hall–Kier alpha value is -2.36. The van der Waals surface area contributed by atoms with Crippen LogP contribution in [-0.2, 0) is 11.2 Å². The van der Waals surface area contributed by atoms with Gasteiger partial charge in [0, 0.05) is 17.8 Å². The third-order valence-corrected chi connectivity index (χ3v) is 3.00. The average Bonchev–Trinajstić information content (AvgIpc) is 2.85. The summed E-state index contributed by atoms with van der Waals surface area (Å²) in [6.45, 7) is 4.12. The molecule has 0 radical (unpaired) electrons. The Morgan fingerprint density at radius 2 is 2.20 bits per heavy atom. The topological polar surface area (TPSA) is 57.8 Å². The fourth-order valence-corrected chi connectivity index (χ4v) is 1.93. The summed E-state index contributed by atoms with van der Waals surface area (Å²) < 4.78 is 0. The normalized spacial score (nSPS) is 10.9. The molecule has 2 aromatic rings. The average molecular weight is 269 g/mol. The minimum atomic E-state index is -0.178. The van der Waals surface area contributed by atoms with E-state index >= 15 is 0 Å². The molecule has 0 saturated carbocycles. The van der Waals surface area contributed by atoms with E-state index in [1.165, 1.54) is 6.08 Å². The van der Waals surface area contributed by atoms with Gasteiger partial charge in [-0.1, -0.05) is 37.6 Å². The van der Waals surface area contributed by atoms with E-state index in [2.05, 4.69) is 22.4 Å². The number of carbonyl (C=O) groups excluding carboxylic acids is 1. The van der Waals surface area contributed by atoms with Gasteiger partial charge < -0.3 is 5.32 Å². The number of aromatic amines is 1. The van der Waals surface area contributed by atoms with Crippen LogP contribution in [-0.4, -0.2) is 16.1 Å². The van der Waals surface area contributed by atoms with Crippen LogP contribution >= 0.6 is 0 Å². The predicted octanol–water partition coefficient (Wildman–Crippen LogP) is 3.32. The van der Waals surface area contributed by atoms with Crippen molar-refractivity contribution in [3.63, 3.8) is 0 Å². The molecule has 0 unspecified atom stereocenters. The van der Waals surface area contributed by atoms with Gasteiger partial charge in [0.05, 0.1) is 0 Å². The zero-order chi connectivity index (χ0) is 14.4. The van der Waals surface area contributed by atoms with Gasteiger partial charge >= 0.3 is 0 Å². The van der Waals surface area contributed by atoms with E-state index in [9.17, 15) is 4.79 Å². The van der Waals surface area contributed by atoms with E-state index in [1.54, 1.807) is 0 Å². The maximum absolute atomic E-state index is 11.8. The maximum Gasteiger partial charge on any atom is 0.249 e. The van der Waals surface area contributed by atoms with E-state index in [4.69, 9.17) is 0 Å². The standard InChI is InChI=1S/C16H19N3O/c1-3-6-14-11-15(19-18-14)17-16(20)10-9-13-8-5-4-7-12(13)2/h4-5,7-11H,3,6H2,1-2H3,(H2,17,18,19,20)/b10-9+. The van der Waals surface area contributed by atoms with Crippen LogP contribution in [0.3, 0.4) is 0 Å². The minimum Gasteiger partial charge on any atom is -0.306 e. The second kappa shape index (κ2) is 6.70. The van der Waals surface area contributed by atoms with Crippen molar-refractivity contribution in [3.8, 4) is 0 Å².